The predicted octanol–water partition coefficient (Wildman–Crippen LogP) is 1.83. The van der Waals surface area contributed by atoms with Crippen LogP contribution in [0.4, 0.5) is 11.5 Å². The van der Waals surface area contributed by atoms with Crippen LogP contribution in [-0.4, -0.2) is 71.6 Å². The van der Waals surface area contributed by atoms with Crippen LogP contribution in [-0.2, 0) is 0 Å². The van der Waals surface area contributed by atoms with E-state index in [2.05, 4.69) is 37.6 Å². The van der Waals surface area contributed by atoms with E-state index in [0.29, 0.717) is 17.4 Å². The molecule has 3 rings (SSSR count). The van der Waals surface area contributed by atoms with Gasteiger partial charge in [-0.15, -0.1) is 5.10 Å². The second-order valence-electron chi connectivity index (χ2n) is 5.63. The Labute approximate surface area is 140 Å². The summed E-state index contributed by atoms with van der Waals surface area (Å²) in [5.74, 6) is 1.43. The molecule has 0 spiro atoms. The van der Waals surface area contributed by atoms with Crippen LogP contribution in [0.5, 0.6) is 5.75 Å². The fraction of sp³-hybridized carbons (Fsp3) is 0.467. The van der Waals surface area contributed by atoms with Gasteiger partial charge in [0.05, 0.1) is 11.9 Å². The first kappa shape index (κ1) is 16.0. The topological polar surface area (TPSA) is 69.3 Å². The summed E-state index contributed by atoms with van der Waals surface area (Å²) in [6.07, 6.45) is 1.61. The minimum absolute atomic E-state index is 0.625. The Kier molecular flexibility index (Phi) is 5.32. The van der Waals surface area contributed by atoms with Gasteiger partial charge in [0, 0.05) is 43.8 Å². The van der Waals surface area contributed by atoms with Crippen LogP contribution in [0.3, 0.4) is 0 Å². The molecule has 1 saturated heterocycles. The summed E-state index contributed by atoms with van der Waals surface area (Å²) in [6.45, 7) is 5.92. The largest absolute Gasteiger partial charge is 0.490 e. The number of aromatic nitrogens is 3. The van der Waals surface area contributed by atoms with E-state index in [1.165, 1.54) is 0 Å². The Hall–Kier alpha value is -1.83. The van der Waals surface area contributed by atoms with E-state index >= 15 is 0 Å². The molecule has 0 radical (unpaired) electrons. The van der Waals surface area contributed by atoms with Crippen LogP contribution in [0.1, 0.15) is 0 Å². The maximum absolute atomic E-state index is 6.09. The highest BCUT2D eigenvalue weighted by Crippen LogP contribution is 2.30. The summed E-state index contributed by atoms with van der Waals surface area (Å²) in [4.78, 5) is 4.76. The maximum Gasteiger partial charge on any atom is 0.146 e. The fourth-order valence-electron chi connectivity index (χ4n) is 2.48. The van der Waals surface area contributed by atoms with Crippen molar-refractivity contribution < 1.29 is 4.74 Å². The summed E-state index contributed by atoms with van der Waals surface area (Å²) in [7, 11) is 2.15. The van der Waals surface area contributed by atoms with E-state index in [1.54, 1.807) is 6.20 Å². The van der Waals surface area contributed by atoms with Crippen molar-refractivity contribution in [1.82, 2.24) is 25.2 Å². The molecule has 2 heterocycles. The average Bonchev–Trinajstić information content (AvgIpc) is 3.05. The van der Waals surface area contributed by atoms with Gasteiger partial charge in [-0.1, -0.05) is 16.8 Å². The van der Waals surface area contributed by atoms with Gasteiger partial charge >= 0.3 is 0 Å². The normalized spacial score (nSPS) is 16.4. The van der Waals surface area contributed by atoms with Crippen LogP contribution in [0.15, 0.2) is 24.4 Å². The smallest absolute Gasteiger partial charge is 0.146 e. The van der Waals surface area contributed by atoms with Gasteiger partial charge in [0.25, 0.3) is 0 Å². The summed E-state index contributed by atoms with van der Waals surface area (Å²) >= 11 is 6.09. The Morgan fingerprint density at radius 1 is 1.30 bits per heavy atom. The van der Waals surface area contributed by atoms with Crippen LogP contribution >= 0.6 is 11.6 Å². The molecule has 1 aliphatic heterocycles. The van der Waals surface area contributed by atoms with Gasteiger partial charge in [-0.25, -0.2) is 5.10 Å². The molecule has 1 aromatic carbocycles. The molecule has 1 aliphatic rings. The third kappa shape index (κ3) is 4.57. The van der Waals surface area contributed by atoms with Crippen LogP contribution in [0.25, 0.3) is 0 Å². The monoisotopic (exact) mass is 336 g/mol. The Balaban J connectivity index is 1.57. The van der Waals surface area contributed by atoms with Crippen molar-refractivity contribution in [3.63, 3.8) is 0 Å². The quantitative estimate of drug-likeness (QED) is 0.838. The first-order valence-corrected chi connectivity index (χ1v) is 8.05. The van der Waals surface area contributed by atoms with Crippen molar-refractivity contribution in [3.05, 3.63) is 29.4 Å². The van der Waals surface area contributed by atoms with Crippen molar-refractivity contribution in [1.29, 1.82) is 0 Å². The molecular formula is C15H21ClN6O. The van der Waals surface area contributed by atoms with E-state index in [9.17, 15) is 0 Å². The summed E-state index contributed by atoms with van der Waals surface area (Å²) in [6, 6.07) is 5.52. The lowest BCUT2D eigenvalue weighted by atomic mass is 10.3. The lowest BCUT2D eigenvalue weighted by Gasteiger charge is -2.32. The Morgan fingerprint density at radius 3 is 2.87 bits per heavy atom. The third-order valence-electron chi connectivity index (χ3n) is 3.89. The van der Waals surface area contributed by atoms with E-state index < -0.39 is 0 Å². The number of halogens is 1. The number of piperazine rings is 1. The van der Waals surface area contributed by atoms with Gasteiger partial charge in [-0.2, -0.15) is 0 Å². The number of H-pyrrole nitrogens is 1. The van der Waals surface area contributed by atoms with Gasteiger partial charge in [0.15, 0.2) is 0 Å². The second-order valence-corrected chi connectivity index (χ2v) is 6.07. The number of hydrogen-bond acceptors (Lipinski definition) is 6. The van der Waals surface area contributed by atoms with E-state index in [0.717, 1.165) is 44.2 Å². The first-order valence-electron chi connectivity index (χ1n) is 7.67. The van der Waals surface area contributed by atoms with Crippen molar-refractivity contribution >= 4 is 23.1 Å². The van der Waals surface area contributed by atoms with Gasteiger partial charge in [0.2, 0.25) is 0 Å². The number of likely N-dealkylation sites (N-methyl/N-ethyl adjacent to an activating group) is 1. The molecule has 0 unspecified atom stereocenters. The van der Waals surface area contributed by atoms with Gasteiger partial charge < -0.3 is 15.0 Å². The molecular weight excluding hydrogens is 316 g/mol. The number of nitrogens with one attached hydrogen (secondary N) is 2. The number of anilines is 2. The first-order chi connectivity index (χ1) is 11.2. The Morgan fingerprint density at radius 2 is 2.13 bits per heavy atom. The minimum Gasteiger partial charge on any atom is -0.490 e. The maximum atomic E-state index is 6.09. The fourth-order valence-corrected chi connectivity index (χ4v) is 2.64. The zero-order chi connectivity index (χ0) is 16.1. The molecule has 124 valence electrons. The number of rotatable bonds is 6. The summed E-state index contributed by atoms with van der Waals surface area (Å²) in [5.41, 5.74) is 0.832. The SMILES string of the molecule is CN1CCN(CCOc2cc(Cl)ccc2Nc2cnn[nH]2)CC1. The van der Waals surface area contributed by atoms with Crippen LogP contribution < -0.4 is 10.1 Å². The molecule has 0 saturated carbocycles. The highest BCUT2D eigenvalue weighted by atomic mass is 35.5. The highest BCUT2D eigenvalue weighted by molar-refractivity contribution is 6.30. The molecule has 0 amide bonds. The molecule has 1 fully saturated rings. The minimum atomic E-state index is 0.625. The van der Waals surface area contributed by atoms with Crippen molar-refractivity contribution in [2.75, 3.05) is 51.7 Å². The molecule has 7 nitrogen and oxygen atoms in total. The van der Waals surface area contributed by atoms with Crippen molar-refractivity contribution in [3.8, 4) is 5.75 Å². The molecule has 8 heteroatoms. The molecule has 2 N–H and O–H groups in total. The molecule has 2 aromatic rings. The lowest BCUT2D eigenvalue weighted by Crippen LogP contribution is -2.45. The average molecular weight is 337 g/mol. The second kappa shape index (κ2) is 7.63. The highest BCUT2D eigenvalue weighted by Gasteiger charge is 2.14. The Bertz CT molecular complexity index is 612. The van der Waals surface area contributed by atoms with Gasteiger partial charge in [0.1, 0.15) is 18.2 Å². The van der Waals surface area contributed by atoms with Crippen molar-refractivity contribution in [2.24, 2.45) is 0 Å². The molecule has 0 atom stereocenters. The zero-order valence-corrected chi connectivity index (χ0v) is 13.9. The van der Waals surface area contributed by atoms with Crippen LogP contribution in [0, 0.1) is 0 Å². The number of nitrogens with zero attached hydrogens (tertiary/aromatic N) is 4. The van der Waals surface area contributed by atoms with E-state index in [1.807, 2.05) is 18.2 Å². The molecule has 23 heavy (non-hydrogen) atoms. The van der Waals surface area contributed by atoms with Crippen LogP contribution in [0.2, 0.25) is 5.02 Å². The lowest BCUT2D eigenvalue weighted by molar-refractivity contribution is 0.134. The summed E-state index contributed by atoms with van der Waals surface area (Å²) < 4.78 is 5.94. The molecule has 1 aromatic heterocycles. The summed E-state index contributed by atoms with van der Waals surface area (Å²) in [5, 5.41) is 14.0. The van der Waals surface area contributed by atoms with Gasteiger partial charge in [-0.05, 0) is 19.2 Å². The third-order valence-corrected chi connectivity index (χ3v) is 4.12. The van der Waals surface area contributed by atoms with Crippen molar-refractivity contribution in [2.45, 2.75) is 0 Å². The van der Waals surface area contributed by atoms with E-state index in [-0.39, 0.29) is 0 Å². The number of aromatic amines is 1. The number of hydrogen-bond donors (Lipinski definition) is 2. The number of ether oxygens (including phenoxy) is 1. The standard InChI is InChI=1S/C15H21ClN6O/c1-21-4-6-22(7-5-21)8-9-23-14-10-12(16)2-3-13(14)18-15-11-17-20-19-15/h2-3,10-11H,4-9H2,1H3,(H2,17,18,19,20). The molecule has 0 bridgehead atoms. The molecule has 0 aliphatic carbocycles. The zero-order valence-electron chi connectivity index (χ0n) is 13.1. The van der Waals surface area contributed by atoms with Gasteiger partial charge in [-0.3, -0.25) is 4.90 Å². The predicted molar refractivity (Wildman–Crippen MR) is 90.5 cm³/mol. The number of benzene rings is 1. The van der Waals surface area contributed by atoms with E-state index in [4.69, 9.17) is 16.3 Å².